The van der Waals surface area contributed by atoms with Gasteiger partial charge in [0.1, 0.15) is 11.5 Å². The van der Waals surface area contributed by atoms with E-state index in [0.29, 0.717) is 6.54 Å². The molecule has 1 aromatic heterocycles. The number of aryl methyl sites for hydroxylation is 3. The van der Waals surface area contributed by atoms with Crippen LogP contribution in [0, 0.1) is 13.8 Å². The van der Waals surface area contributed by atoms with Gasteiger partial charge in [0.15, 0.2) is 5.78 Å². The molecular weight excluding hydrogens is 376 g/mol. The molecule has 5 nitrogen and oxygen atoms in total. The van der Waals surface area contributed by atoms with E-state index >= 15 is 0 Å². The summed E-state index contributed by atoms with van der Waals surface area (Å²) < 4.78 is 12.8. The predicted octanol–water partition coefficient (Wildman–Crippen LogP) is 4.78. The van der Waals surface area contributed by atoms with E-state index in [1.807, 2.05) is 54.9 Å². The van der Waals surface area contributed by atoms with Crippen LogP contribution in [0.15, 0.2) is 48.0 Å². The van der Waals surface area contributed by atoms with Crippen molar-refractivity contribution in [2.75, 3.05) is 14.2 Å². The minimum Gasteiger partial charge on any atom is -0.497 e. The normalized spacial score (nSPS) is 14.7. The Morgan fingerprint density at radius 2 is 1.87 bits per heavy atom. The largest absolute Gasteiger partial charge is 0.497 e. The summed E-state index contributed by atoms with van der Waals surface area (Å²) in [5.41, 5.74) is 6.77. The first-order valence-electron chi connectivity index (χ1n) is 10.1. The zero-order valence-electron chi connectivity index (χ0n) is 17.9. The van der Waals surface area contributed by atoms with Gasteiger partial charge >= 0.3 is 0 Å². The lowest BCUT2D eigenvalue weighted by Gasteiger charge is -2.18. The van der Waals surface area contributed by atoms with Crippen LogP contribution in [0.25, 0.3) is 6.08 Å². The molecular formula is C25H26N2O3. The average molecular weight is 402 g/mol. The van der Waals surface area contributed by atoms with Gasteiger partial charge in [-0.1, -0.05) is 6.07 Å². The Balaban J connectivity index is 1.65. The van der Waals surface area contributed by atoms with Gasteiger partial charge in [0, 0.05) is 22.4 Å². The number of ketones is 1. The van der Waals surface area contributed by atoms with E-state index < -0.39 is 0 Å². The number of hydrogen-bond donors (Lipinski definition) is 0. The maximum absolute atomic E-state index is 13.0. The maximum atomic E-state index is 13.0. The molecule has 2 aromatic carbocycles. The molecule has 0 fully saturated rings. The fourth-order valence-corrected chi connectivity index (χ4v) is 4.03. The molecule has 0 N–H and O–H groups in total. The van der Waals surface area contributed by atoms with Crippen molar-refractivity contribution in [1.82, 2.24) is 9.78 Å². The third-order valence-corrected chi connectivity index (χ3v) is 5.58. The van der Waals surface area contributed by atoms with E-state index in [-0.39, 0.29) is 5.78 Å². The topological polar surface area (TPSA) is 53.4 Å². The quantitative estimate of drug-likeness (QED) is 0.577. The van der Waals surface area contributed by atoms with Gasteiger partial charge in [0.2, 0.25) is 0 Å². The maximum Gasteiger partial charge on any atom is 0.189 e. The number of aromatic nitrogens is 2. The summed E-state index contributed by atoms with van der Waals surface area (Å²) in [6.45, 7) is 4.66. The van der Waals surface area contributed by atoms with Crippen molar-refractivity contribution in [3.8, 4) is 11.5 Å². The number of benzene rings is 2. The monoisotopic (exact) mass is 402 g/mol. The molecule has 0 atom stereocenters. The zero-order chi connectivity index (χ0) is 21.3. The molecule has 1 aliphatic carbocycles. The number of rotatable bonds is 5. The number of nitrogens with zero attached hydrogens (tertiary/aromatic N) is 2. The van der Waals surface area contributed by atoms with Gasteiger partial charge in [-0.25, -0.2) is 0 Å². The molecule has 0 radical (unpaired) electrons. The van der Waals surface area contributed by atoms with Crippen molar-refractivity contribution >= 4 is 11.9 Å². The van der Waals surface area contributed by atoms with E-state index in [2.05, 4.69) is 17.2 Å². The summed E-state index contributed by atoms with van der Waals surface area (Å²) in [4.78, 5) is 13.0. The fraction of sp³-hybridized carbons (Fsp3) is 0.280. The van der Waals surface area contributed by atoms with Crippen LogP contribution in [-0.2, 0) is 13.0 Å². The van der Waals surface area contributed by atoms with Crippen LogP contribution in [0.2, 0.25) is 0 Å². The second-order valence-corrected chi connectivity index (χ2v) is 7.68. The van der Waals surface area contributed by atoms with Gasteiger partial charge in [-0.2, -0.15) is 5.10 Å². The Hall–Kier alpha value is -3.34. The Labute approximate surface area is 176 Å². The van der Waals surface area contributed by atoms with Gasteiger partial charge in [-0.3, -0.25) is 9.48 Å². The summed E-state index contributed by atoms with van der Waals surface area (Å²) in [6.07, 6.45) is 3.55. The van der Waals surface area contributed by atoms with Gasteiger partial charge in [-0.05, 0) is 80.3 Å². The molecule has 4 rings (SSSR count). The third kappa shape index (κ3) is 3.88. The number of Topliss-reactive ketones (excluding diaryl/α,β-unsaturated/α-hetero) is 1. The third-order valence-electron chi connectivity index (χ3n) is 5.58. The highest BCUT2D eigenvalue weighted by Gasteiger charge is 2.22. The molecule has 0 bridgehead atoms. The number of carbonyl (C=O) groups excluding carboxylic acids is 1. The van der Waals surface area contributed by atoms with Crippen LogP contribution in [0.1, 0.15) is 44.9 Å². The highest BCUT2D eigenvalue weighted by Crippen LogP contribution is 2.30. The Morgan fingerprint density at radius 1 is 1.03 bits per heavy atom. The highest BCUT2D eigenvalue weighted by atomic mass is 16.5. The fourth-order valence-electron chi connectivity index (χ4n) is 4.03. The molecule has 30 heavy (non-hydrogen) atoms. The predicted molar refractivity (Wildman–Crippen MR) is 117 cm³/mol. The van der Waals surface area contributed by atoms with Gasteiger partial charge < -0.3 is 9.47 Å². The van der Waals surface area contributed by atoms with Crippen LogP contribution in [0.4, 0.5) is 0 Å². The molecule has 0 spiro atoms. The first kappa shape index (κ1) is 20.0. The van der Waals surface area contributed by atoms with Gasteiger partial charge in [0.05, 0.1) is 26.5 Å². The first-order chi connectivity index (χ1) is 14.5. The minimum atomic E-state index is 0.0924. The zero-order valence-corrected chi connectivity index (χ0v) is 17.9. The SMILES string of the molecule is COc1ccc2c(c1)CCC(=Cc1ccc(OC)c(Cn3nc(C)cc3C)c1)C2=O. The van der Waals surface area contributed by atoms with Crippen molar-refractivity contribution in [1.29, 1.82) is 0 Å². The summed E-state index contributed by atoms with van der Waals surface area (Å²) in [5.74, 6) is 1.70. The van der Waals surface area contributed by atoms with Crippen LogP contribution in [0.3, 0.4) is 0 Å². The van der Waals surface area contributed by atoms with E-state index in [1.54, 1.807) is 14.2 Å². The smallest absolute Gasteiger partial charge is 0.189 e. The molecule has 5 heteroatoms. The van der Waals surface area contributed by atoms with Crippen LogP contribution in [-0.4, -0.2) is 29.8 Å². The van der Waals surface area contributed by atoms with Crippen molar-refractivity contribution in [3.63, 3.8) is 0 Å². The second kappa shape index (κ2) is 8.19. The Bertz CT molecular complexity index is 1140. The van der Waals surface area contributed by atoms with Crippen LogP contribution >= 0.6 is 0 Å². The molecule has 0 saturated carbocycles. The van der Waals surface area contributed by atoms with Crippen molar-refractivity contribution in [3.05, 3.63) is 81.7 Å². The van der Waals surface area contributed by atoms with Crippen LogP contribution in [0.5, 0.6) is 11.5 Å². The van der Waals surface area contributed by atoms with Crippen LogP contribution < -0.4 is 9.47 Å². The van der Waals surface area contributed by atoms with Gasteiger partial charge in [-0.15, -0.1) is 0 Å². The summed E-state index contributed by atoms with van der Waals surface area (Å²) >= 11 is 0. The number of methoxy groups -OCH3 is 2. The average Bonchev–Trinajstić information content (AvgIpc) is 3.06. The van der Waals surface area contributed by atoms with Crippen molar-refractivity contribution in [2.24, 2.45) is 0 Å². The number of ether oxygens (including phenoxy) is 2. The second-order valence-electron chi connectivity index (χ2n) is 7.68. The lowest BCUT2D eigenvalue weighted by molar-refractivity contribution is 0.102. The molecule has 0 saturated heterocycles. The molecule has 0 unspecified atom stereocenters. The molecule has 0 aliphatic heterocycles. The standard InChI is InChI=1S/C25H26N2O3/c1-16-11-17(2)27(26-16)15-21-13-18(5-10-24(21)30-4)12-20-7-6-19-14-22(29-3)8-9-23(19)25(20)28/h5,8-14H,6-7,15H2,1-4H3. The summed E-state index contributed by atoms with van der Waals surface area (Å²) in [6, 6.07) is 13.8. The molecule has 1 aliphatic rings. The Morgan fingerprint density at radius 3 is 2.57 bits per heavy atom. The van der Waals surface area contributed by atoms with Gasteiger partial charge in [0.25, 0.3) is 0 Å². The lowest BCUT2D eigenvalue weighted by Crippen LogP contribution is -2.14. The van der Waals surface area contributed by atoms with Crippen molar-refractivity contribution < 1.29 is 14.3 Å². The number of fused-ring (bicyclic) bond motifs is 1. The Kier molecular flexibility index (Phi) is 5.44. The lowest BCUT2D eigenvalue weighted by atomic mass is 9.86. The molecule has 1 heterocycles. The number of allylic oxidation sites excluding steroid dienone is 1. The summed E-state index contributed by atoms with van der Waals surface area (Å²) in [5, 5.41) is 4.56. The highest BCUT2D eigenvalue weighted by molar-refractivity contribution is 6.13. The van der Waals surface area contributed by atoms with E-state index in [0.717, 1.165) is 63.6 Å². The minimum absolute atomic E-state index is 0.0924. The first-order valence-corrected chi connectivity index (χ1v) is 10.1. The molecule has 0 amide bonds. The van der Waals surface area contributed by atoms with E-state index in [9.17, 15) is 4.79 Å². The molecule has 3 aromatic rings. The van der Waals surface area contributed by atoms with Crippen molar-refractivity contribution in [2.45, 2.75) is 33.2 Å². The molecule has 154 valence electrons. The number of carbonyl (C=O) groups is 1. The van der Waals surface area contributed by atoms with E-state index in [4.69, 9.17) is 9.47 Å². The summed E-state index contributed by atoms with van der Waals surface area (Å²) in [7, 11) is 3.32. The number of hydrogen-bond acceptors (Lipinski definition) is 4. The van der Waals surface area contributed by atoms with E-state index in [1.165, 1.54) is 0 Å².